The highest BCUT2D eigenvalue weighted by Gasteiger charge is 2.02. The molecule has 0 saturated heterocycles. The number of allylic oxidation sites excluding steroid dienone is 2. The lowest BCUT2D eigenvalue weighted by molar-refractivity contribution is -0.143. The van der Waals surface area contributed by atoms with E-state index in [0.717, 1.165) is 6.08 Å². The average Bonchev–Trinajstić information content (AvgIpc) is 2.12. The van der Waals surface area contributed by atoms with Crippen LogP contribution in [0.3, 0.4) is 0 Å². The minimum atomic E-state index is -0.803. The van der Waals surface area contributed by atoms with Gasteiger partial charge >= 0.3 is 12.1 Å². The second-order valence-electron chi connectivity index (χ2n) is 1.84. The summed E-state index contributed by atoms with van der Waals surface area (Å²) in [5, 5.41) is 0. The van der Waals surface area contributed by atoms with Gasteiger partial charge in [-0.1, -0.05) is 18.7 Å². The molecule has 0 rings (SSSR count). The molecule has 0 radical (unpaired) electrons. The van der Waals surface area contributed by atoms with Crippen LogP contribution in [0.2, 0.25) is 0 Å². The summed E-state index contributed by atoms with van der Waals surface area (Å²) < 4.78 is 4.43. The zero-order valence-corrected chi connectivity index (χ0v) is 7.28. The fraction of sp³-hybridized carbons (Fsp3) is 0.250. The van der Waals surface area contributed by atoms with Gasteiger partial charge in [0.25, 0.3) is 0 Å². The third-order valence-corrected chi connectivity index (χ3v) is 0.879. The number of hydroxylamine groups is 1. The first kappa shape index (κ1) is 11.2. The minimum Gasteiger partial charge on any atom is -0.448 e. The molecule has 0 saturated carbocycles. The van der Waals surface area contributed by atoms with E-state index in [4.69, 9.17) is 0 Å². The van der Waals surface area contributed by atoms with Crippen LogP contribution in [-0.4, -0.2) is 18.7 Å². The Bertz CT molecular complexity index is 222. The van der Waals surface area contributed by atoms with Gasteiger partial charge < -0.3 is 9.57 Å². The maximum absolute atomic E-state index is 10.7. The van der Waals surface area contributed by atoms with Crippen LogP contribution in [0, 0.1) is 0 Å². The normalized spacial score (nSPS) is 9.31. The maximum atomic E-state index is 10.7. The molecule has 5 nitrogen and oxygen atoms in total. The highest BCUT2D eigenvalue weighted by molar-refractivity contribution is 5.83. The van der Waals surface area contributed by atoms with Crippen molar-refractivity contribution in [3.8, 4) is 0 Å². The number of carbonyl (C=O) groups is 2. The van der Waals surface area contributed by atoms with Crippen LogP contribution in [0.1, 0.15) is 6.92 Å². The molecule has 0 aromatic heterocycles. The lowest BCUT2D eigenvalue weighted by Crippen LogP contribution is -2.26. The Morgan fingerprint density at radius 2 is 2.23 bits per heavy atom. The number of carbonyl (C=O) groups excluding carboxylic acids is 2. The van der Waals surface area contributed by atoms with Gasteiger partial charge in [0, 0.05) is 6.08 Å². The summed E-state index contributed by atoms with van der Waals surface area (Å²) in [5.41, 5.74) is 1.80. The Morgan fingerprint density at radius 3 is 2.77 bits per heavy atom. The first-order valence-electron chi connectivity index (χ1n) is 3.63. The van der Waals surface area contributed by atoms with E-state index in [1.807, 2.05) is 0 Å². The smallest absolute Gasteiger partial charge is 0.440 e. The molecule has 0 aliphatic rings. The highest BCUT2D eigenvalue weighted by atomic mass is 16.7. The largest absolute Gasteiger partial charge is 0.448 e. The average molecular weight is 185 g/mol. The van der Waals surface area contributed by atoms with Crippen molar-refractivity contribution < 1.29 is 19.2 Å². The maximum Gasteiger partial charge on any atom is 0.440 e. The van der Waals surface area contributed by atoms with E-state index in [-0.39, 0.29) is 6.61 Å². The number of hydrogen-bond acceptors (Lipinski definition) is 4. The number of hydrogen-bond donors (Lipinski definition) is 1. The molecule has 0 aliphatic heterocycles. The highest BCUT2D eigenvalue weighted by Crippen LogP contribution is 1.81. The molecule has 5 heteroatoms. The zero-order chi connectivity index (χ0) is 10.1. The Kier molecular flexibility index (Phi) is 5.96. The Hall–Kier alpha value is -1.78. The molecular weight excluding hydrogens is 174 g/mol. The van der Waals surface area contributed by atoms with Crippen molar-refractivity contribution >= 4 is 12.1 Å². The van der Waals surface area contributed by atoms with E-state index in [1.54, 1.807) is 12.4 Å². The molecule has 0 unspecified atom stereocenters. The summed E-state index contributed by atoms with van der Waals surface area (Å²) in [6.45, 7) is 5.20. The van der Waals surface area contributed by atoms with E-state index >= 15 is 0 Å². The second-order valence-corrected chi connectivity index (χ2v) is 1.84. The summed E-state index contributed by atoms with van der Waals surface area (Å²) in [6.07, 6.45) is 3.10. The zero-order valence-electron chi connectivity index (χ0n) is 7.28. The monoisotopic (exact) mass is 185 g/mol. The van der Waals surface area contributed by atoms with Crippen LogP contribution < -0.4 is 5.48 Å². The topological polar surface area (TPSA) is 64.6 Å². The van der Waals surface area contributed by atoms with Crippen molar-refractivity contribution in [2.24, 2.45) is 0 Å². The van der Waals surface area contributed by atoms with Crippen molar-refractivity contribution in [3.63, 3.8) is 0 Å². The van der Waals surface area contributed by atoms with Gasteiger partial charge in [0.15, 0.2) is 0 Å². The number of amides is 1. The van der Waals surface area contributed by atoms with Crippen LogP contribution in [0.25, 0.3) is 0 Å². The van der Waals surface area contributed by atoms with Gasteiger partial charge in [-0.2, -0.15) is 0 Å². The molecule has 0 fully saturated rings. The minimum absolute atomic E-state index is 0.214. The van der Waals surface area contributed by atoms with Gasteiger partial charge in [-0.25, -0.2) is 9.59 Å². The molecule has 13 heavy (non-hydrogen) atoms. The predicted molar refractivity (Wildman–Crippen MR) is 45.6 cm³/mol. The number of rotatable bonds is 3. The Balaban J connectivity index is 3.63. The van der Waals surface area contributed by atoms with Crippen LogP contribution >= 0.6 is 0 Å². The molecule has 0 heterocycles. The van der Waals surface area contributed by atoms with Crippen LogP contribution in [0.15, 0.2) is 24.8 Å². The van der Waals surface area contributed by atoms with Gasteiger partial charge in [-0.05, 0) is 6.92 Å². The van der Waals surface area contributed by atoms with Crippen molar-refractivity contribution in [2.75, 3.05) is 6.61 Å². The lowest BCUT2D eigenvalue weighted by Gasteiger charge is -2.02. The SMILES string of the molecule is C=CC=CC(=O)ONC(=O)OCC. The molecule has 0 spiro atoms. The van der Waals surface area contributed by atoms with E-state index < -0.39 is 12.1 Å². The van der Waals surface area contributed by atoms with Crippen molar-refractivity contribution in [1.82, 2.24) is 5.48 Å². The fourth-order valence-corrected chi connectivity index (χ4v) is 0.433. The van der Waals surface area contributed by atoms with E-state index in [9.17, 15) is 9.59 Å². The second kappa shape index (κ2) is 6.90. The summed E-state index contributed by atoms with van der Waals surface area (Å²) >= 11 is 0. The van der Waals surface area contributed by atoms with Crippen LogP contribution in [0.4, 0.5) is 4.79 Å². The molecule has 1 N–H and O–H groups in total. The Labute approximate surface area is 76.0 Å². The van der Waals surface area contributed by atoms with E-state index in [2.05, 4.69) is 16.2 Å². The number of ether oxygens (including phenoxy) is 1. The molecule has 0 aliphatic carbocycles. The van der Waals surface area contributed by atoms with Crippen LogP contribution in [0.5, 0.6) is 0 Å². The molecule has 0 bridgehead atoms. The molecule has 72 valence electrons. The molecule has 0 aromatic carbocycles. The third kappa shape index (κ3) is 6.61. The first-order valence-corrected chi connectivity index (χ1v) is 3.63. The molecule has 0 atom stereocenters. The van der Waals surface area contributed by atoms with Crippen molar-refractivity contribution in [3.05, 3.63) is 24.8 Å². The summed E-state index contributed by atoms with van der Waals surface area (Å²) in [5.74, 6) is -0.701. The van der Waals surface area contributed by atoms with Crippen LogP contribution in [-0.2, 0) is 14.4 Å². The van der Waals surface area contributed by atoms with E-state index in [1.165, 1.54) is 12.2 Å². The third-order valence-electron chi connectivity index (χ3n) is 0.879. The van der Waals surface area contributed by atoms with Gasteiger partial charge in [0.1, 0.15) is 0 Å². The predicted octanol–water partition coefficient (Wildman–Crippen LogP) is 0.933. The van der Waals surface area contributed by atoms with Gasteiger partial charge in [-0.15, -0.1) is 5.48 Å². The fourth-order valence-electron chi connectivity index (χ4n) is 0.433. The summed E-state index contributed by atoms with van der Waals surface area (Å²) in [4.78, 5) is 25.5. The molecular formula is C8H11NO4. The molecule has 1 amide bonds. The van der Waals surface area contributed by atoms with E-state index in [0.29, 0.717) is 0 Å². The summed E-state index contributed by atoms with van der Waals surface area (Å²) in [7, 11) is 0. The van der Waals surface area contributed by atoms with Crippen molar-refractivity contribution in [1.29, 1.82) is 0 Å². The number of nitrogens with one attached hydrogen (secondary N) is 1. The lowest BCUT2D eigenvalue weighted by atomic mass is 10.5. The molecule has 0 aromatic rings. The Morgan fingerprint density at radius 1 is 1.54 bits per heavy atom. The van der Waals surface area contributed by atoms with Crippen molar-refractivity contribution in [2.45, 2.75) is 6.92 Å². The van der Waals surface area contributed by atoms with Gasteiger partial charge in [0.2, 0.25) is 0 Å². The first-order chi connectivity index (χ1) is 6.20. The quantitative estimate of drug-likeness (QED) is 0.403. The summed E-state index contributed by atoms with van der Waals surface area (Å²) in [6, 6.07) is 0. The standard InChI is InChI=1S/C8H11NO4/c1-3-5-6-7(10)13-9-8(11)12-4-2/h3,5-6H,1,4H2,2H3,(H,9,11). The van der Waals surface area contributed by atoms with Gasteiger partial charge in [-0.3, -0.25) is 0 Å². The van der Waals surface area contributed by atoms with Gasteiger partial charge in [0.05, 0.1) is 6.61 Å².